The van der Waals surface area contributed by atoms with Crippen LogP contribution in [0.2, 0.25) is 0 Å². The van der Waals surface area contributed by atoms with Crippen molar-refractivity contribution in [3.05, 3.63) is 58.3 Å². The minimum atomic E-state index is -0.310. The number of rotatable bonds is 8. The lowest BCUT2D eigenvalue weighted by atomic mass is 10.1. The normalized spacial score (nSPS) is 11.4. The van der Waals surface area contributed by atoms with E-state index in [1.807, 2.05) is 29.1 Å². The lowest BCUT2D eigenvalue weighted by Gasteiger charge is -2.24. The van der Waals surface area contributed by atoms with Crippen molar-refractivity contribution < 1.29 is 5.11 Å². The average molecular weight is 329 g/mol. The van der Waals surface area contributed by atoms with Crippen LogP contribution in [-0.2, 0) is 19.5 Å². The van der Waals surface area contributed by atoms with Crippen molar-refractivity contribution in [3.63, 3.8) is 0 Å². The summed E-state index contributed by atoms with van der Waals surface area (Å²) < 4.78 is 2.00. The van der Waals surface area contributed by atoms with Gasteiger partial charge < -0.3 is 9.67 Å². The third kappa shape index (κ3) is 5.20. The molecule has 130 valence electrons. The van der Waals surface area contributed by atoms with Gasteiger partial charge in [-0.25, -0.2) is 0 Å². The molecule has 2 aromatic heterocycles. The Morgan fingerprint density at radius 3 is 2.62 bits per heavy atom. The molecule has 0 fully saturated rings. The standard InChI is InChI=1S/C19H27N3O2/c1-4-21(10-7-16-5-8-20-9-6-16)13-17-11-18(23)19(24)14-22(17)12-15(2)3/h5-6,8-9,11,14-15,24H,4,7,10,12-13H2,1-3H3. The minimum absolute atomic E-state index is 0.181. The summed E-state index contributed by atoms with van der Waals surface area (Å²) in [5.74, 6) is 0.261. The highest BCUT2D eigenvalue weighted by molar-refractivity contribution is 5.20. The number of aromatic nitrogens is 2. The van der Waals surface area contributed by atoms with E-state index >= 15 is 0 Å². The quantitative estimate of drug-likeness (QED) is 0.809. The van der Waals surface area contributed by atoms with Gasteiger partial charge >= 0.3 is 0 Å². The molecular formula is C19H27N3O2. The summed E-state index contributed by atoms with van der Waals surface area (Å²) in [4.78, 5) is 18.2. The molecule has 0 saturated heterocycles. The van der Waals surface area contributed by atoms with Crippen LogP contribution in [0.25, 0.3) is 0 Å². The van der Waals surface area contributed by atoms with Crippen LogP contribution in [0.1, 0.15) is 32.0 Å². The monoisotopic (exact) mass is 329 g/mol. The molecule has 0 aliphatic rings. The van der Waals surface area contributed by atoms with E-state index in [1.54, 1.807) is 12.3 Å². The maximum atomic E-state index is 11.8. The molecule has 0 aromatic carbocycles. The first kappa shape index (κ1) is 18.2. The lowest BCUT2D eigenvalue weighted by Crippen LogP contribution is -2.28. The van der Waals surface area contributed by atoms with Crippen molar-refractivity contribution in [2.45, 2.75) is 40.3 Å². The summed E-state index contributed by atoms with van der Waals surface area (Å²) in [6.45, 7) is 9.67. The van der Waals surface area contributed by atoms with Crippen molar-refractivity contribution >= 4 is 0 Å². The minimum Gasteiger partial charge on any atom is -0.503 e. The summed E-state index contributed by atoms with van der Waals surface area (Å²) in [5, 5.41) is 9.73. The summed E-state index contributed by atoms with van der Waals surface area (Å²) in [6.07, 6.45) is 6.13. The highest BCUT2D eigenvalue weighted by atomic mass is 16.3. The second kappa shape index (κ2) is 8.64. The number of pyridine rings is 2. The van der Waals surface area contributed by atoms with Gasteiger partial charge in [0, 0.05) is 43.8 Å². The molecular weight excluding hydrogens is 302 g/mol. The van der Waals surface area contributed by atoms with Crippen LogP contribution in [0.15, 0.2) is 41.6 Å². The van der Waals surface area contributed by atoms with E-state index in [2.05, 4.69) is 30.7 Å². The molecule has 5 nitrogen and oxygen atoms in total. The van der Waals surface area contributed by atoms with E-state index in [9.17, 15) is 9.90 Å². The maximum Gasteiger partial charge on any atom is 0.223 e. The predicted octanol–water partition coefficient (Wildman–Crippen LogP) is 2.67. The maximum absolute atomic E-state index is 11.8. The van der Waals surface area contributed by atoms with Gasteiger partial charge in [0.25, 0.3) is 0 Å². The fourth-order valence-electron chi connectivity index (χ4n) is 2.72. The third-order valence-electron chi connectivity index (χ3n) is 4.06. The van der Waals surface area contributed by atoms with Gasteiger partial charge in [-0.3, -0.25) is 14.7 Å². The van der Waals surface area contributed by atoms with Crippen LogP contribution in [0.3, 0.4) is 0 Å². The Hall–Kier alpha value is -2.14. The summed E-state index contributed by atoms with van der Waals surface area (Å²) >= 11 is 0. The first-order valence-electron chi connectivity index (χ1n) is 8.53. The number of hydrogen-bond acceptors (Lipinski definition) is 4. The Kier molecular flexibility index (Phi) is 6.55. The SMILES string of the molecule is CCN(CCc1ccncc1)Cc1cc(=O)c(O)cn1CC(C)C. The second-order valence-electron chi connectivity index (χ2n) is 6.53. The Morgan fingerprint density at radius 2 is 2.00 bits per heavy atom. The molecule has 0 saturated carbocycles. The zero-order chi connectivity index (χ0) is 17.5. The van der Waals surface area contributed by atoms with Gasteiger partial charge in [0.2, 0.25) is 5.43 Å². The molecule has 1 N–H and O–H groups in total. The van der Waals surface area contributed by atoms with Gasteiger partial charge in [-0.1, -0.05) is 20.8 Å². The molecule has 0 amide bonds. The molecule has 0 radical (unpaired) electrons. The van der Waals surface area contributed by atoms with Crippen molar-refractivity contribution in [2.24, 2.45) is 5.92 Å². The molecule has 0 aliphatic heterocycles. The topological polar surface area (TPSA) is 58.4 Å². The predicted molar refractivity (Wildman–Crippen MR) is 96.1 cm³/mol. The summed E-state index contributed by atoms with van der Waals surface area (Å²) in [5.41, 5.74) is 1.90. The Morgan fingerprint density at radius 1 is 1.29 bits per heavy atom. The smallest absolute Gasteiger partial charge is 0.223 e. The largest absolute Gasteiger partial charge is 0.503 e. The molecule has 2 aromatic rings. The lowest BCUT2D eigenvalue weighted by molar-refractivity contribution is 0.272. The molecule has 0 atom stereocenters. The first-order valence-corrected chi connectivity index (χ1v) is 8.53. The van der Waals surface area contributed by atoms with Gasteiger partial charge in [0.15, 0.2) is 5.75 Å². The zero-order valence-corrected chi connectivity index (χ0v) is 14.8. The van der Waals surface area contributed by atoms with E-state index in [4.69, 9.17) is 0 Å². The van der Waals surface area contributed by atoms with E-state index in [0.29, 0.717) is 12.5 Å². The molecule has 0 unspecified atom stereocenters. The molecule has 0 bridgehead atoms. The molecule has 24 heavy (non-hydrogen) atoms. The first-order chi connectivity index (χ1) is 11.5. The average Bonchev–Trinajstić information content (AvgIpc) is 2.56. The molecule has 2 heterocycles. The zero-order valence-electron chi connectivity index (χ0n) is 14.8. The summed E-state index contributed by atoms with van der Waals surface area (Å²) in [7, 11) is 0. The fraction of sp³-hybridized carbons (Fsp3) is 0.474. The van der Waals surface area contributed by atoms with Crippen molar-refractivity contribution in [2.75, 3.05) is 13.1 Å². The molecule has 2 rings (SSSR count). The fourth-order valence-corrected chi connectivity index (χ4v) is 2.72. The van der Waals surface area contributed by atoms with Gasteiger partial charge in [-0.15, -0.1) is 0 Å². The van der Waals surface area contributed by atoms with Gasteiger partial charge in [-0.05, 0) is 36.6 Å². The number of hydrogen-bond donors (Lipinski definition) is 1. The van der Waals surface area contributed by atoms with Crippen LogP contribution >= 0.6 is 0 Å². The van der Waals surface area contributed by atoms with Crippen molar-refractivity contribution in [3.8, 4) is 5.75 Å². The highest BCUT2D eigenvalue weighted by Gasteiger charge is 2.11. The van der Waals surface area contributed by atoms with Crippen LogP contribution in [0, 0.1) is 5.92 Å². The number of likely N-dealkylation sites (N-methyl/N-ethyl adjacent to an activating group) is 1. The van der Waals surface area contributed by atoms with Gasteiger partial charge in [-0.2, -0.15) is 0 Å². The van der Waals surface area contributed by atoms with E-state index in [-0.39, 0.29) is 11.2 Å². The van der Waals surface area contributed by atoms with Gasteiger partial charge in [0.05, 0.1) is 6.20 Å². The van der Waals surface area contributed by atoms with Crippen LogP contribution in [-0.4, -0.2) is 32.6 Å². The number of nitrogens with zero attached hydrogens (tertiary/aromatic N) is 3. The summed E-state index contributed by atoms with van der Waals surface area (Å²) in [6, 6.07) is 5.62. The van der Waals surface area contributed by atoms with Gasteiger partial charge in [0.1, 0.15) is 0 Å². The van der Waals surface area contributed by atoms with Crippen LogP contribution in [0.4, 0.5) is 0 Å². The van der Waals surface area contributed by atoms with E-state index in [0.717, 1.165) is 31.7 Å². The third-order valence-corrected chi connectivity index (χ3v) is 4.06. The Labute approximate surface area is 143 Å². The van der Waals surface area contributed by atoms with Crippen molar-refractivity contribution in [1.29, 1.82) is 0 Å². The Bertz CT molecular complexity index is 696. The molecule has 5 heteroatoms. The molecule has 0 spiro atoms. The molecule has 0 aliphatic carbocycles. The van der Waals surface area contributed by atoms with E-state index in [1.165, 1.54) is 5.56 Å². The van der Waals surface area contributed by atoms with Crippen LogP contribution < -0.4 is 5.43 Å². The van der Waals surface area contributed by atoms with Crippen LogP contribution in [0.5, 0.6) is 5.75 Å². The second-order valence-corrected chi connectivity index (χ2v) is 6.53. The highest BCUT2D eigenvalue weighted by Crippen LogP contribution is 2.12. The Balaban J connectivity index is 2.11. The van der Waals surface area contributed by atoms with E-state index < -0.39 is 0 Å². The number of aromatic hydroxyl groups is 1. The van der Waals surface area contributed by atoms with Crippen molar-refractivity contribution in [1.82, 2.24) is 14.5 Å².